The van der Waals surface area contributed by atoms with Crippen LogP contribution in [0, 0.1) is 12.3 Å². The van der Waals surface area contributed by atoms with Gasteiger partial charge in [0.2, 0.25) is 0 Å². The lowest BCUT2D eigenvalue weighted by molar-refractivity contribution is 0.0218. The first-order valence-electron chi connectivity index (χ1n) is 5.50. The molecule has 0 aliphatic rings. The molecule has 0 unspecified atom stereocenters. The molecule has 0 radical (unpaired) electrons. The van der Waals surface area contributed by atoms with E-state index < -0.39 is 5.41 Å². The zero-order valence-electron chi connectivity index (χ0n) is 10.5. The summed E-state index contributed by atoms with van der Waals surface area (Å²) in [6.07, 6.45) is 0. The van der Waals surface area contributed by atoms with Gasteiger partial charge in [0, 0.05) is 11.1 Å². The van der Waals surface area contributed by atoms with Crippen LogP contribution >= 0.6 is 0 Å². The number of aliphatic hydroxyl groups is 1. The quantitative estimate of drug-likeness (QED) is 0.618. The third-order valence-corrected chi connectivity index (χ3v) is 2.49. The molecule has 1 aromatic rings. The Morgan fingerprint density at radius 2 is 2.12 bits per heavy atom. The van der Waals surface area contributed by atoms with E-state index >= 15 is 0 Å². The predicted octanol–water partition coefficient (Wildman–Crippen LogP) is 1.75. The molecule has 0 aliphatic carbocycles. The zero-order chi connectivity index (χ0) is 13.1. The van der Waals surface area contributed by atoms with Crippen molar-refractivity contribution in [1.82, 2.24) is 0 Å². The maximum atomic E-state index is 11.8. The van der Waals surface area contributed by atoms with Gasteiger partial charge in [0.15, 0.2) is 0 Å². The van der Waals surface area contributed by atoms with Crippen molar-refractivity contribution in [2.75, 3.05) is 18.9 Å². The highest BCUT2D eigenvalue weighted by Gasteiger charge is 2.20. The van der Waals surface area contributed by atoms with Crippen molar-refractivity contribution in [2.45, 2.75) is 20.8 Å². The van der Waals surface area contributed by atoms with Gasteiger partial charge in [-0.15, -0.1) is 0 Å². The Kier molecular flexibility index (Phi) is 4.12. The number of aryl methyl sites for hydroxylation is 1. The number of nitrogen functional groups attached to an aromatic ring is 1. The van der Waals surface area contributed by atoms with Crippen molar-refractivity contribution >= 4 is 11.7 Å². The van der Waals surface area contributed by atoms with Crippen LogP contribution in [0.2, 0.25) is 0 Å². The Morgan fingerprint density at radius 3 is 2.65 bits per heavy atom. The van der Waals surface area contributed by atoms with Gasteiger partial charge in [0.1, 0.15) is 0 Å². The molecule has 1 rings (SSSR count). The number of carbonyl (C=O) groups excluding carboxylic acids is 1. The van der Waals surface area contributed by atoms with Crippen molar-refractivity contribution in [3.8, 4) is 0 Å². The molecule has 94 valence electrons. The van der Waals surface area contributed by atoms with Crippen LogP contribution in [-0.4, -0.2) is 24.3 Å². The first-order valence-corrected chi connectivity index (χ1v) is 5.50. The van der Waals surface area contributed by atoms with Crippen molar-refractivity contribution in [2.24, 2.45) is 5.41 Å². The SMILES string of the molecule is Cc1cc(N)ccc1C(=O)OCC(C)(C)CO. The Bertz CT molecular complexity index is 413. The summed E-state index contributed by atoms with van der Waals surface area (Å²) >= 11 is 0. The lowest BCUT2D eigenvalue weighted by atomic mass is 9.96. The zero-order valence-corrected chi connectivity index (χ0v) is 10.5. The lowest BCUT2D eigenvalue weighted by Gasteiger charge is -2.21. The molecule has 0 fully saturated rings. The van der Waals surface area contributed by atoms with Crippen LogP contribution in [0.3, 0.4) is 0 Å². The van der Waals surface area contributed by atoms with E-state index in [9.17, 15) is 4.79 Å². The lowest BCUT2D eigenvalue weighted by Crippen LogP contribution is -2.25. The highest BCUT2D eigenvalue weighted by Crippen LogP contribution is 2.17. The fraction of sp³-hybridized carbons (Fsp3) is 0.462. The summed E-state index contributed by atoms with van der Waals surface area (Å²) in [5.74, 6) is -0.385. The minimum atomic E-state index is -0.419. The largest absolute Gasteiger partial charge is 0.461 e. The van der Waals surface area contributed by atoms with Crippen LogP contribution in [0.5, 0.6) is 0 Å². The van der Waals surface area contributed by atoms with E-state index in [4.69, 9.17) is 15.6 Å². The molecule has 17 heavy (non-hydrogen) atoms. The van der Waals surface area contributed by atoms with Crippen LogP contribution in [0.4, 0.5) is 5.69 Å². The average Bonchev–Trinajstić information content (AvgIpc) is 2.26. The number of carbonyl (C=O) groups is 1. The molecule has 4 nitrogen and oxygen atoms in total. The number of hydrogen-bond donors (Lipinski definition) is 2. The Morgan fingerprint density at radius 1 is 1.47 bits per heavy atom. The summed E-state index contributed by atoms with van der Waals surface area (Å²) in [5, 5.41) is 9.06. The summed E-state index contributed by atoms with van der Waals surface area (Å²) in [5.41, 5.74) is 7.10. The monoisotopic (exact) mass is 237 g/mol. The molecule has 0 saturated heterocycles. The van der Waals surface area contributed by atoms with Gasteiger partial charge >= 0.3 is 5.97 Å². The van der Waals surface area contributed by atoms with E-state index in [1.54, 1.807) is 18.2 Å². The van der Waals surface area contributed by atoms with Gasteiger partial charge in [-0.3, -0.25) is 0 Å². The van der Waals surface area contributed by atoms with Gasteiger partial charge in [-0.05, 0) is 30.7 Å². The summed E-state index contributed by atoms with van der Waals surface area (Å²) < 4.78 is 5.16. The predicted molar refractivity (Wildman–Crippen MR) is 66.7 cm³/mol. The van der Waals surface area contributed by atoms with Gasteiger partial charge in [0.05, 0.1) is 18.8 Å². The molecule has 0 spiro atoms. The molecule has 0 heterocycles. The minimum absolute atomic E-state index is 0.0268. The van der Waals surface area contributed by atoms with E-state index in [1.807, 2.05) is 20.8 Å². The molecule has 0 atom stereocenters. The molecule has 3 N–H and O–H groups in total. The van der Waals surface area contributed by atoms with Crippen LogP contribution < -0.4 is 5.73 Å². The van der Waals surface area contributed by atoms with Crippen LogP contribution in [0.1, 0.15) is 29.8 Å². The molecule has 0 saturated carbocycles. The second kappa shape index (κ2) is 5.19. The Labute approximate surface area is 101 Å². The molecule has 4 heteroatoms. The number of ether oxygens (including phenoxy) is 1. The third-order valence-electron chi connectivity index (χ3n) is 2.49. The summed E-state index contributed by atoms with van der Waals surface area (Å²) in [6, 6.07) is 5.05. The van der Waals surface area contributed by atoms with E-state index in [2.05, 4.69) is 0 Å². The summed E-state index contributed by atoms with van der Waals surface area (Å²) in [4.78, 5) is 11.8. The third kappa shape index (κ3) is 3.75. The molecular formula is C13H19NO3. The highest BCUT2D eigenvalue weighted by atomic mass is 16.5. The molecule has 1 aromatic carbocycles. The number of aliphatic hydroxyl groups excluding tert-OH is 1. The normalized spacial score (nSPS) is 11.3. The number of anilines is 1. The van der Waals surface area contributed by atoms with E-state index in [0.29, 0.717) is 11.3 Å². The minimum Gasteiger partial charge on any atom is -0.461 e. The summed E-state index contributed by atoms with van der Waals surface area (Å²) in [6.45, 7) is 5.63. The van der Waals surface area contributed by atoms with Crippen LogP contribution in [-0.2, 0) is 4.74 Å². The highest BCUT2D eigenvalue weighted by molar-refractivity contribution is 5.91. The van der Waals surface area contributed by atoms with Gasteiger partial charge in [-0.2, -0.15) is 0 Å². The molecule has 0 bridgehead atoms. The van der Waals surface area contributed by atoms with Crippen molar-refractivity contribution in [3.63, 3.8) is 0 Å². The number of benzene rings is 1. The number of nitrogens with two attached hydrogens (primary N) is 1. The fourth-order valence-electron chi connectivity index (χ4n) is 1.30. The van der Waals surface area contributed by atoms with E-state index in [1.165, 1.54) is 0 Å². The van der Waals surface area contributed by atoms with Gasteiger partial charge < -0.3 is 15.6 Å². The van der Waals surface area contributed by atoms with Gasteiger partial charge in [-0.1, -0.05) is 13.8 Å². The standard InChI is InChI=1S/C13H19NO3/c1-9-6-10(14)4-5-11(9)12(16)17-8-13(2,3)7-15/h4-6,15H,7-8,14H2,1-3H3. The van der Waals surface area contributed by atoms with Crippen LogP contribution in [0.15, 0.2) is 18.2 Å². The Balaban J connectivity index is 2.71. The first-order chi connectivity index (χ1) is 7.85. The van der Waals surface area contributed by atoms with Crippen LogP contribution in [0.25, 0.3) is 0 Å². The first kappa shape index (κ1) is 13.5. The number of rotatable bonds is 4. The maximum Gasteiger partial charge on any atom is 0.338 e. The maximum absolute atomic E-state index is 11.8. The number of esters is 1. The van der Waals surface area contributed by atoms with Gasteiger partial charge in [0.25, 0.3) is 0 Å². The van der Waals surface area contributed by atoms with Crippen molar-refractivity contribution in [1.29, 1.82) is 0 Å². The molecule has 0 aliphatic heterocycles. The molecular weight excluding hydrogens is 218 g/mol. The smallest absolute Gasteiger partial charge is 0.338 e. The summed E-state index contributed by atoms with van der Waals surface area (Å²) in [7, 11) is 0. The second-order valence-corrected chi connectivity index (χ2v) is 4.97. The van der Waals surface area contributed by atoms with Crippen molar-refractivity contribution in [3.05, 3.63) is 29.3 Å². The van der Waals surface area contributed by atoms with E-state index in [-0.39, 0.29) is 19.2 Å². The van der Waals surface area contributed by atoms with Crippen molar-refractivity contribution < 1.29 is 14.6 Å². The topological polar surface area (TPSA) is 72.6 Å². The Hall–Kier alpha value is -1.55. The van der Waals surface area contributed by atoms with Gasteiger partial charge in [-0.25, -0.2) is 4.79 Å². The average molecular weight is 237 g/mol. The molecule has 0 amide bonds. The van der Waals surface area contributed by atoms with E-state index in [0.717, 1.165) is 5.56 Å². The number of hydrogen-bond acceptors (Lipinski definition) is 4. The second-order valence-electron chi connectivity index (χ2n) is 4.97. The fourth-order valence-corrected chi connectivity index (χ4v) is 1.30. The molecule has 0 aromatic heterocycles.